The van der Waals surface area contributed by atoms with Crippen LogP contribution in [0.3, 0.4) is 0 Å². The third kappa shape index (κ3) is 4.83. The van der Waals surface area contributed by atoms with Crippen molar-refractivity contribution in [3.63, 3.8) is 0 Å². The lowest BCUT2D eigenvalue weighted by molar-refractivity contribution is 0.0457. The van der Waals surface area contributed by atoms with Crippen molar-refractivity contribution in [1.29, 1.82) is 0 Å². The van der Waals surface area contributed by atoms with Crippen LogP contribution in [0.5, 0.6) is 5.88 Å². The maximum atomic E-state index is 6.19. The van der Waals surface area contributed by atoms with Crippen LogP contribution in [0.25, 0.3) is 11.3 Å². The van der Waals surface area contributed by atoms with E-state index in [-0.39, 0.29) is 12.1 Å². The van der Waals surface area contributed by atoms with Crippen LogP contribution in [-0.4, -0.2) is 42.6 Å². The molecule has 1 aliphatic rings. The van der Waals surface area contributed by atoms with E-state index in [0.29, 0.717) is 11.9 Å². The van der Waals surface area contributed by atoms with Gasteiger partial charge in [0.2, 0.25) is 5.88 Å². The predicted octanol–water partition coefficient (Wildman–Crippen LogP) is 2.70. The van der Waals surface area contributed by atoms with Gasteiger partial charge in [0, 0.05) is 36.9 Å². The first-order valence-electron chi connectivity index (χ1n) is 9.66. The van der Waals surface area contributed by atoms with Gasteiger partial charge in [0.25, 0.3) is 0 Å². The average Bonchev–Trinajstić information content (AvgIpc) is 2.72. The zero-order chi connectivity index (χ0) is 19.2. The van der Waals surface area contributed by atoms with Gasteiger partial charge in [-0.1, -0.05) is 31.2 Å². The van der Waals surface area contributed by atoms with Gasteiger partial charge in [-0.25, -0.2) is 0 Å². The van der Waals surface area contributed by atoms with Crippen molar-refractivity contribution in [3.8, 4) is 17.1 Å². The van der Waals surface area contributed by atoms with Crippen molar-refractivity contribution in [3.05, 3.63) is 41.5 Å². The Morgan fingerprint density at radius 2 is 1.93 bits per heavy atom. The third-order valence-corrected chi connectivity index (χ3v) is 5.39. The van der Waals surface area contributed by atoms with Crippen molar-refractivity contribution in [2.24, 2.45) is 5.73 Å². The maximum absolute atomic E-state index is 6.19. The highest BCUT2D eigenvalue weighted by Gasteiger charge is 2.27. The summed E-state index contributed by atoms with van der Waals surface area (Å²) in [6.45, 7) is 2.92. The lowest BCUT2D eigenvalue weighted by Gasteiger charge is -2.33. The summed E-state index contributed by atoms with van der Waals surface area (Å²) in [5, 5.41) is 12.1. The molecule has 1 aromatic heterocycles. The van der Waals surface area contributed by atoms with Crippen molar-refractivity contribution in [2.75, 3.05) is 14.2 Å². The fraction of sp³-hybridized carbons (Fsp3) is 0.524. The van der Waals surface area contributed by atoms with Crippen molar-refractivity contribution >= 4 is 0 Å². The number of hydrogen-bond donors (Lipinski definition) is 2. The van der Waals surface area contributed by atoms with Gasteiger partial charge in [-0.3, -0.25) is 0 Å². The van der Waals surface area contributed by atoms with Crippen molar-refractivity contribution in [2.45, 2.75) is 57.3 Å². The number of ether oxygens (including phenoxy) is 2. The second-order valence-corrected chi connectivity index (χ2v) is 7.14. The van der Waals surface area contributed by atoms with Gasteiger partial charge in [-0.05, 0) is 37.3 Å². The SMILES string of the molecule is CCc1cc(-c2ccc(CN[C@H]3CC[C@H](OC)[C@@H](N)C3)cc2)nnc1OC. The molecule has 2 aromatic rings. The van der Waals surface area contributed by atoms with Gasteiger partial charge in [0.1, 0.15) is 0 Å². The van der Waals surface area contributed by atoms with E-state index >= 15 is 0 Å². The smallest absolute Gasteiger partial charge is 0.236 e. The lowest BCUT2D eigenvalue weighted by atomic mass is 9.89. The Kier molecular flexibility index (Phi) is 6.77. The summed E-state index contributed by atoms with van der Waals surface area (Å²) >= 11 is 0. The summed E-state index contributed by atoms with van der Waals surface area (Å²) in [6.07, 6.45) is 4.13. The van der Waals surface area contributed by atoms with Crippen molar-refractivity contribution in [1.82, 2.24) is 15.5 Å². The Labute approximate surface area is 161 Å². The molecule has 1 aromatic carbocycles. The van der Waals surface area contributed by atoms with Gasteiger partial charge in [0.05, 0.1) is 18.9 Å². The first-order chi connectivity index (χ1) is 13.1. The standard InChI is InChI=1S/C21H30N4O2/c1-4-15-11-19(24-25-21(15)27-3)16-7-5-14(6-8-16)13-23-17-9-10-20(26-2)18(22)12-17/h5-8,11,17-18,20,23H,4,9-10,12-13,22H2,1-3H3/t17-,18-,20-/m0/s1. The van der Waals surface area contributed by atoms with E-state index in [9.17, 15) is 0 Å². The minimum Gasteiger partial charge on any atom is -0.480 e. The van der Waals surface area contributed by atoms with Gasteiger partial charge < -0.3 is 20.5 Å². The number of nitrogens with two attached hydrogens (primary N) is 1. The van der Waals surface area contributed by atoms with Crippen LogP contribution in [-0.2, 0) is 17.7 Å². The molecule has 3 atom stereocenters. The molecular formula is C21H30N4O2. The first-order valence-corrected chi connectivity index (χ1v) is 9.66. The molecule has 1 heterocycles. The van der Waals surface area contributed by atoms with Crippen LogP contribution in [0, 0.1) is 0 Å². The van der Waals surface area contributed by atoms with E-state index < -0.39 is 0 Å². The maximum Gasteiger partial charge on any atom is 0.236 e. The number of hydrogen-bond acceptors (Lipinski definition) is 6. The van der Waals surface area contributed by atoms with Gasteiger partial charge in [-0.15, -0.1) is 10.2 Å². The molecule has 1 fully saturated rings. The largest absolute Gasteiger partial charge is 0.480 e. The van der Waals surface area contributed by atoms with E-state index in [2.05, 4.69) is 52.8 Å². The van der Waals surface area contributed by atoms with Crippen LogP contribution < -0.4 is 15.8 Å². The van der Waals surface area contributed by atoms with Crippen LogP contribution >= 0.6 is 0 Å². The number of aromatic nitrogens is 2. The summed E-state index contributed by atoms with van der Waals surface area (Å²) in [7, 11) is 3.37. The van der Waals surface area contributed by atoms with Crippen molar-refractivity contribution < 1.29 is 9.47 Å². The molecule has 1 aliphatic carbocycles. The molecule has 1 saturated carbocycles. The van der Waals surface area contributed by atoms with E-state index in [1.807, 2.05) is 0 Å². The molecule has 3 rings (SSSR count). The van der Waals surface area contributed by atoms with Crippen LogP contribution in [0.2, 0.25) is 0 Å². The summed E-state index contributed by atoms with van der Waals surface area (Å²) in [5.74, 6) is 0.600. The van der Waals surface area contributed by atoms with Gasteiger partial charge in [0.15, 0.2) is 0 Å². The summed E-state index contributed by atoms with van der Waals surface area (Å²) in [4.78, 5) is 0. The highest BCUT2D eigenvalue weighted by molar-refractivity contribution is 5.60. The number of rotatable bonds is 7. The predicted molar refractivity (Wildman–Crippen MR) is 107 cm³/mol. The molecule has 0 saturated heterocycles. The number of benzene rings is 1. The minimum atomic E-state index is 0.116. The molecule has 0 spiro atoms. The zero-order valence-corrected chi connectivity index (χ0v) is 16.4. The number of nitrogens with zero attached hydrogens (tertiary/aromatic N) is 2. The van der Waals surface area contributed by atoms with E-state index in [1.165, 1.54) is 5.56 Å². The topological polar surface area (TPSA) is 82.3 Å². The third-order valence-electron chi connectivity index (χ3n) is 5.39. The molecule has 27 heavy (non-hydrogen) atoms. The van der Waals surface area contributed by atoms with E-state index in [4.69, 9.17) is 15.2 Å². The number of aryl methyl sites for hydroxylation is 1. The molecule has 0 amide bonds. The van der Waals surface area contributed by atoms with E-state index in [1.54, 1.807) is 14.2 Å². The normalized spacial score (nSPS) is 22.6. The molecule has 6 nitrogen and oxygen atoms in total. The summed E-state index contributed by atoms with van der Waals surface area (Å²) in [5.41, 5.74) is 10.4. The number of nitrogens with one attached hydrogen (secondary N) is 1. The molecule has 0 radical (unpaired) electrons. The molecule has 0 aliphatic heterocycles. The fourth-order valence-corrected chi connectivity index (χ4v) is 3.70. The quantitative estimate of drug-likeness (QED) is 0.780. The first kappa shape index (κ1) is 19.7. The van der Waals surface area contributed by atoms with Crippen LogP contribution in [0.1, 0.15) is 37.3 Å². The van der Waals surface area contributed by atoms with E-state index in [0.717, 1.165) is 49.0 Å². The monoisotopic (exact) mass is 370 g/mol. The molecule has 0 unspecified atom stereocenters. The number of methoxy groups -OCH3 is 2. The summed E-state index contributed by atoms with van der Waals surface area (Å²) < 4.78 is 10.7. The Balaban J connectivity index is 1.59. The average molecular weight is 370 g/mol. The Morgan fingerprint density at radius 1 is 1.15 bits per heavy atom. The second kappa shape index (κ2) is 9.26. The molecule has 146 valence electrons. The fourth-order valence-electron chi connectivity index (χ4n) is 3.70. The molecule has 3 N–H and O–H groups in total. The highest BCUT2D eigenvalue weighted by Crippen LogP contribution is 2.23. The highest BCUT2D eigenvalue weighted by atomic mass is 16.5. The second-order valence-electron chi connectivity index (χ2n) is 7.14. The lowest BCUT2D eigenvalue weighted by Crippen LogP contribution is -2.47. The Hall–Kier alpha value is -2.02. The van der Waals surface area contributed by atoms with Crippen LogP contribution in [0.15, 0.2) is 30.3 Å². The Morgan fingerprint density at radius 3 is 2.56 bits per heavy atom. The van der Waals surface area contributed by atoms with Crippen LogP contribution in [0.4, 0.5) is 0 Å². The van der Waals surface area contributed by atoms with Gasteiger partial charge >= 0.3 is 0 Å². The minimum absolute atomic E-state index is 0.116. The summed E-state index contributed by atoms with van der Waals surface area (Å²) in [6, 6.07) is 11.1. The molecular weight excluding hydrogens is 340 g/mol. The molecule has 6 heteroatoms. The Bertz CT molecular complexity index is 735. The molecule has 0 bridgehead atoms. The zero-order valence-electron chi connectivity index (χ0n) is 16.4. The van der Waals surface area contributed by atoms with Gasteiger partial charge in [-0.2, -0.15) is 0 Å².